The molecule has 26 heavy (non-hydrogen) atoms. The highest BCUT2D eigenvalue weighted by atomic mass is 19.3. The van der Waals surface area contributed by atoms with E-state index in [-0.39, 0.29) is 18.2 Å². The summed E-state index contributed by atoms with van der Waals surface area (Å²) in [6, 6.07) is 3.43. The lowest BCUT2D eigenvalue weighted by Crippen LogP contribution is -2.42. The first-order valence-electron chi connectivity index (χ1n) is 8.33. The number of benzene rings is 1. The summed E-state index contributed by atoms with van der Waals surface area (Å²) in [4.78, 5) is 22.1. The van der Waals surface area contributed by atoms with Gasteiger partial charge in [0.25, 0.3) is 6.43 Å². The highest BCUT2D eigenvalue weighted by Gasteiger charge is 2.50. The van der Waals surface area contributed by atoms with Crippen LogP contribution in [0.1, 0.15) is 36.9 Å². The fourth-order valence-electron chi connectivity index (χ4n) is 3.05. The minimum atomic E-state index is -2.91. The molecule has 1 aromatic heterocycles. The molecular formula is C18H16F3N3O2. The van der Waals surface area contributed by atoms with E-state index < -0.39 is 17.8 Å². The second kappa shape index (κ2) is 6.26. The van der Waals surface area contributed by atoms with E-state index in [0.29, 0.717) is 23.5 Å². The molecule has 136 valence electrons. The standard InChI is InChI=1S/C18H16F3N3O2/c19-14-2-1-11(7-13(14)16(20)21)15-9-22-8-12(23-15)10-24-6-5-18(3-4-18)26-17(24)25/h1-2,7-9,16H,3-6,10H2. The van der Waals surface area contributed by atoms with Crippen molar-refractivity contribution in [2.24, 2.45) is 0 Å². The number of alkyl halides is 2. The summed E-state index contributed by atoms with van der Waals surface area (Å²) in [6.07, 6.45) is 2.27. The monoisotopic (exact) mass is 363 g/mol. The van der Waals surface area contributed by atoms with Crippen molar-refractivity contribution in [3.05, 3.63) is 47.7 Å². The third kappa shape index (κ3) is 3.23. The molecule has 8 heteroatoms. The van der Waals surface area contributed by atoms with Crippen molar-refractivity contribution in [3.8, 4) is 11.3 Å². The topological polar surface area (TPSA) is 55.3 Å². The highest BCUT2D eigenvalue weighted by molar-refractivity contribution is 5.69. The molecule has 0 N–H and O–H groups in total. The second-order valence-electron chi connectivity index (χ2n) is 6.66. The Morgan fingerprint density at radius 1 is 1.23 bits per heavy atom. The highest BCUT2D eigenvalue weighted by Crippen LogP contribution is 2.45. The van der Waals surface area contributed by atoms with Gasteiger partial charge in [-0.25, -0.2) is 22.9 Å². The number of aromatic nitrogens is 2. The molecule has 2 fully saturated rings. The summed E-state index contributed by atoms with van der Waals surface area (Å²) in [5.74, 6) is -0.960. The number of carbonyl (C=O) groups excluding carboxylic acids is 1. The summed E-state index contributed by atoms with van der Waals surface area (Å²) in [7, 11) is 0. The summed E-state index contributed by atoms with van der Waals surface area (Å²) in [6.45, 7) is 0.801. The van der Waals surface area contributed by atoms with Crippen molar-refractivity contribution in [3.63, 3.8) is 0 Å². The van der Waals surface area contributed by atoms with Gasteiger partial charge in [0, 0.05) is 18.5 Å². The van der Waals surface area contributed by atoms with Crippen molar-refractivity contribution in [1.29, 1.82) is 0 Å². The molecule has 1 aliphatic carbocycles. The van der Waals surface area contributed by atoms with E-state index in [0.717, 1.165) is 31.4 Å². The molecule has 5 nitrogen and oxygen atoms in total. The normalized spacial score (nSPS) is 18.3. The van der Waals surface area contributed by atoms with Crippen molar-refractivity contribution in [2.75, 3.05) is 6.54 Å². The Balaban J connectivity index is 1.53. The first-order chi connectivity index (χ1) is 12.5. The maximum atomic E-state index is 13.5. The van der Waals surface area contributed by atoms with Gasteiger partial charge in [0.15, 0.2) is 0 Å². The van der Waals surface area contributed by atoms with Gasteiger partial charge >= 0.3 is 6.09 Å². The number of hydrogen-bond acceptors (Lipinski definition) is 4. The van der Waals surface area contributed by atoms with Crippen LogP contribution in [0.3, 0.4) is 0 Å². The van der Waals surface area contributed by atoms with Gasteiger partial charge in [0.2, 0.25) is 0 Å². The van der Waals surface area contributed by atoms with Gasteiger partial charge in [-0.05, 0) is 31.0 Å². The van der Waals surface area contributed by atoms with E-state index in [9.17, 15) is 18.0 Å². The lowest BCUT2D eigenvalue weighted by molar-refractivity contribution is 0.00835. The number of ether oxygens (including phenoxy) is 1. The molecule has 0 radical (unpaired) electrons. The van der Waals surface area contributed by atoms with Crippen LogP contribution in [0.4, 0.5) is 18.0 Å². The van der Waals surface area contributed by atoms with Crippen LogP contribution < -0.4 is 0 Å². The predicted molar refractivity (Wildman–Crippen MR) is 85.9 cm³/mol. The van der Waals surface area contributed by atoms with E-state index in [2.05, 4.69) is 9.97 Å². The summed E-state index contributed by atoms with van der Waals surface area (Å²) in [5.41, 5.74) is 0.266. The number of hydrogen-bond donors (Lipinski definition) is 0. The van der Waals surface area contributed by atoms with Crippen LogP contribution in [0, 0.1) is 5.82 Å². The second-order valence-corrected chi connectivity index (χ2v) is 6.66. The number of nitrogens with zero attached hydrogens (tertiary/aromatic N) is 3. The molecule has 1 saturated heterocycles. The number of rotatable bonds is 4. The van der Waals surface area contributed by atoms with Crippen molar-refractivity contribution >= 4 is 6.09 Å². The predicted octanol–water partition coefficient (Wildman–Crippen LogP) is 4.10. The summed E-state index contributed by atoms with van der Waals surface area (Å²) < 4.78 is 44.7. The Labute approximate surface area is 147 Å². The fourth-order valence-corrected chi connectivity index (χ4v) is 3.05. The zero-order chi connectivity index (χ0) is 18.3. The molecule has 2 heterocycles. The van der Waals surface area contributed by atoms with E-state index in [4.69, 9.17) is 4.74 Å². The molecular weight excluding hydrogens is 347 g/mol. The van der Waals surface area contributed by atoms with Crippen molar-refractivity contribution in [2.45, 2.75) is 37.8 Å². The molecule has 1 spiro atoms. The van der Waals surface area contributed by atoms with Gasteiger partial charge in [-0.2, -0.15) is 0 Å². The van der Waals surface area contributed by atoms with Crippen LogP contribution in [0.25, 0.3) is 11.3 Å². The minimum absolute atomic E-state index is 0.221. The Hall–Kier alpha value is -2.64. The van der Waals surface area contributed by atoms with Crippen LogP contribution in [-0.2, 0) is 11.3 Å². The molecule has 1 amide bonds. The van der Waals surface area contributed by atoms with Crippen molar-refractivity contribution in [1.82, 2.24) is 14.9 Å². The molecule has 0 unspecified atom stereocenters. The Kier molecular flexibility index (Phi) is 4.05. The van der Waals surface area contributed by atoms with Crippen LogP contribution in [0.5, 0.6) is 0 Å². The third-order valence-electron chi connectivity index (χ3n) is 4.77. The number of carbonyl (C=O) groups is 1. The molecule has 0 atom stereocenters. The lowest BCUT2D eigenvalue weighted by Gasteiger charge is -2.31. The van der Waals surface area contributed by atoms with E-state index in [1.54, 1.807) is 4.90 Å². The van der Waals surface area contributed by atoms with Gasteiger partial charge in [0.1, 0.15) is 11.4 Å². The minimum Gasteiger partial charge on any atom is -0.443 e. The molecule has 2 aromatic rings. The molecule has 1 aromatic carbocycles. The van der Waals surface area contributed by atoms with Gasteiger partial charge in [-0.3, -0.25) is 4.98 Å². The average Bonchev–Trinajstić information content (AvgIpc) is 3.37. The fraction of sp³-hybridized carbons (Fsp3) is 0.389. The number of halogens is 3. The smallest absolute Gasteiger partial charge is 0.410 e. The lowest BCUT2D eigenvalue weighted by atomic mass is 10.1. The quantitative estimate of drug-likeness (QED) is 0.821. The van der Waals surface area contributed by atoms with E-state index >= 15 is 0 Å². The molecule has 1 aliphatic heterocycles. The summed E-state index contributed by atoms with van der Waals surface area (Å²) in [5, 5.41) is 0. The molecule has 0 bridgehead atoms. The van der Waals surface area contributed by atoms with Gasteiger partial charge in [-0.1, -0.05) is 0 Å². The van der Waals surface area contributed by atoms with Gasteiger partial charge < -0.3 is 9.64 Å². The zero-order valence-corrected chi connectivity index (χ0v) is 13.8. The maximum absolute atomic E-state index is 13.5. The van der Waals surface area contributed by atoms with Crippen molar-refractivity contribution < 1.29 is 22.7 Å². The van der Waals surface area contributed by atoms with Crippen LogP contribution in [0.2, 0.25) is 0 Å². The molecule has 1 saturated carbocycles. The Morgan fingerprint density at radius 3 is 2.73 bits per heavy atom. The third-order valence-corrected chi connectivity index (χ3v) is 4.77. The SMILES string of the molecule is O=C1OC2(CCN1Cc1cncc(-c3ccc(F)c(C(F)F)c3)n1)CC2. The van der Waals surface area contributed by atoms with Gasteiger partial charge in [-0.15, -0.1) is 0 Å². The Bertz CT molecular complexity index is 855. The summed E-state index contributed by atoms with van der Waals surface area (Å²) >= 11 is 0. The first kappa shape index (κ1) is 16.8. The average molecular weight is 363 g/mol. The van der Waals surface area contributed by atoms with E-state index in [1.165, 1.54) is 18.5 Å². The molecule has 4 rings (SSSR count). The van der Waals surface area contributed by atoms with E-state index in [1.807, 2.05) is 0 Å². The van der Waals surface area contributed by atoms with Crippen LogP contribution >= 0.6 is 0 Å². The first-order valence-corrected chi connectivity index (χ1v) is 8.33. The maximum Gasteiger partial charge on any atom is 0.410 e. The number of amides is 1. The Morgan fingerprint density at radius 2 is 2.04 bits per heavy atom. The zero-order valence-electron chi connectivity index (χ0n) is 13.8. The van der Waals surface area contributed by atoms with Gasteiger partial charge in [0.05, 0.1) is 35.9 Å². The molecule has 2 aliphatic rings. The largest absolute Gasteiger partial charge is 0.443 e. The van der Waals surface area contributed by atoms with Crippen LogP contribution in [0.15, 0.2) is 30.6 Å². The van der Waals surface area contributed by atoms with Crippen LogP contribution in [-0.4, -0.2) is 33.1 Å².